The molecule has 1 amide bonds. The van der Waals surface area contributed by atoms with Gasteiger partial charge < -0.3 is 21.3 Å². The Balaban J connectivity index is 0.000000331. The molecule has 18 heavy (non-hydrogen) atoms. The minimum absolute atomic E-state index is 0.0903. The summed E-state index contributed by atoms with van der Waals surface area (Å²) < 4.78 is 0. The molecule has 1 atom stereocenters. The van der Waals surface area contributed by atoms with Gasteiger partial charge in [0.25, 0.3) is 0 Å². The van der Waals surface area contributed by atoms with Crippen LogP contribution >= 0.6 is 0 Å². The van der Waals surface area contributed by atoms with E-state index in [9.17, 15) is 4.79 Å². The van der Waals surface area contributed by atoms with Crippen LogP contribution in [0.2, 0.25) is 0 Å². The molecule has 0 spiro atoms. The Morgan fingerprint density at radius 1 is 1.44 bits per heavy atom. The zero-order valence-corrected chi connectivity index (χ0v) is 11.4. The van der Waals surface area contributed by atoms with Crippen molar-refractivity contribution < 1.29 is 15.0 Å². The highest BCUT2D eigenvalue weighted by Crippen LogP contribution is 2.31. The Bertz CT molecular complexity index is 263. The second-order valence-electron chi connectivity index (χ2n) is 4.66. The van der Waals surface area contributed by atoms with Gasteiger partial charge in [-0.15, -0.1) is 0 Å². The minimum atomic E-state index is -0.333. The first-order valence-corrected chi connectivity index (χ1v) is 6.39. The maximum Gasteiger partial charge on any atom is 0.236 e. The molecule has 0 aromatic rings. The Labute approximate surface area is 109 Å². The summed E-state index contributed by atoms with van der Waals surface area (Å²) in [5.41, 5.74) is 5.10. The summed E-state index contributed by atoms with van der Waals surface area (Å²) in [5, 5.41) is 20.3. The Hall–Kier alpha value is -0.910. The third-order valence-electron chi connectivity index (χ3n) is 3.25. The standard InChI is InChI=1S/C8H14O2.C5H12N2O/c9-6-8(7-10)4-2-1-3-5-8;1-3-4(6)5(8)7-2/h1-2,9-10H,3-7H2;4H,3,6H2,1-2H3,(H,7,8). The number of nitrogens with one attached hydrogen (secondary N) is 1. The van der Waals surface area contributed by atoms with Crippen molar-refractivity contribution in [1.29, 1.82) is 0 Å². The molecule has 0 aromatic carbocycles. The molecular formula is C13H26N2O3. The summed E-state index contributed by atoms with van der Waals surface area (Å²) in [6, 6.07) is -0.333. The van der Waals surface area contributed by atoms with Crippen LogP contribution in [0.25, 0.3) is 0 Å². The largest absolute Gasteiger partial charge is 0.396 e. The molecule has 1 aliphatic carbocycles. The molecule has 0 saturated carbocycles. The monoisotopic (exact) mass is 258 g/mol. The van der Waals surface area contributed by atoms with Crippen molar-refractivity contribution in [3.8, 4) is 0 Å². The average Bonchev–Trinajstić information content (AvgIpc) is 2.46. The number of hydrogen-bond donors (Lipinski definition) is 4. The lowest BCUT2D eigenvalue weighted by atomic mass is 9.79. The molecule has 0 heterocycles. The van der Waals surface area contributed by atoms with Crippen LogP contribution in [0.15, 0.2) is 12.2 Å². The highest BCUT2D eigenvalue weighted by atomic mass is 16.3. The molecule has 1 rings (SSSR count). The van der Waals surface area contributed by atoms with Crippen LogP contribution < -0.4 is 11.1 Å². The molecular weight excluding hydrogens is 232 g/mol. The molecule has 106 valence electrons. The van der Waals surface area contributed by atoms with E-state index >= 15 is 0 Å². The molecule has 0 radical (unpaired) electrons. The normalized spacial score (nSPS) is 18.5. The molecule has 0 bridgehead atoms. The predicted octanol–water partition coefficient (Wildman–Crippen LogP) is 0.167. The van der Waals surface area contributed by atoms with Gasteiger partial charge in [-0.1, -0.05) is 19.1 Å². The third-order valence-corrected chi connectivity index (χ3v) is 3.25. The summed E-state index contributed by atoms with van der Waals surface area (Å²) in [5.74, 6) is -0.0903. The van der Waals surface area contributed by atoms with Crippen molar-refractivity contribution >= 4 is 5.91 Å². The van der Waals surface area contributed by atoms with Gasteiger partial charge in [-0.3, -0.25) is 4.79 Å². The van der Waals surface area contributed by atoms with E-state index in [4.69, 9.17) is 15.9 Å². The first kappa shape index (κ1) is 17.1. The topological polar surface area (TPSA) is 95.6 Å². The molecule has 0 fully saturated rings. The molecule has 1 unspecified atom stereocenters. The van der Waals surface area contributed by atoms with E-state index in [-0.39, 0.29) is 30.6 Å². The summed E-state index contributed by atoms with van der Waals surface area (Å²) in [4.78, 5) is 10.5. The number of carbonyl (C=O) groups excluding carboxylic acids is 1. The number of nitrogens with two attached hydrogens (primary N) is 1. The van der Waals surface area contributed by atoms with Gasteiger partial charge in [0, 0.05) is 12.5 Å². The fourth-order valence-electron chi connectivity index (χ4n) is 1.65. The Morgan fingerprint density at radius 3 is 2.28 bits per heavy atom. The van der Waals surface area contributed by atoms with E-state index in [0.29, 0.717) is 6.42 Å². The minimum Gasteiger partial charge on any atom is -0.396 e. The molecule has 0 aromatic heterocycles. The van der Waals surface area contributed by atoms with Crippen LogP contribution in [0.1, 0.15) is 32.6 Å². The van der Waals surface area contributed by atoms with E-state index in [1.54, 1.807) is 7.05 Å². The maximum atomic E-state index is 10.5. The Morgan fingerprint density at radius 2 is 2.06 bits per heavy atom. The fourth-order valence-corrected chi connectivity index (χ4v) is 1.65. The highest BCUT2D eigenvalue weighted by Gasteiger charge is 2.28. The van der Waals surface area contributed by atoms with Crippen LogP contribution in [-0.4, -0.2) is 42.4 Å². The van der Waals surface area contributed by atoms with Gasteiger partial charge in [0.2, 0.25) is 5.91 Å². The lowest BCUT2D eigenvalue weighted by molar-refractivity contribution is -0.121. The van der Waals surface area contributed by atoms with E-state index < -0.39 is 0 Å². The number of hydrogen-bond acceptors (Lipinski definition) is 4. The van der Waals surface area contributed by atoms with Gasteiger partial charge in [0.15, 0.2) is 0 Å². The summed E-state index contributed by atoms with van der Waals surface area (Å²) in [7, 11) is 1.58. The van der Waals surface area contributed by atoms with Crippen LogP contribution in [0.3, 0.4) is 0 Å². The van der Waals surface area contributed by atoms with Crippen molar-refractivity contribution in [1.82, 2.24) is 5.32 Å². The van der Waals surface area contributed by atoms with E-state index in [1.807, 2.05) is 13.0 Å². The van der Waals surface area contributed by atoms with Gasteiger partial charge in [-0.2, -0.15) is 0 Å². The first-order chi connectivity index (χ1) is 8.55. The second kappa shape index (κ2) is 9.08. The van der Waals surface area contributed by atoms with E-state index in [0.717, 1.165) is 19.3 Å². The van der Waals surface area contributed by atoms with E-state index in [2.05, 4.69) is 11.4 Å². The molecule has 0 saturated heterocycles. The highest BCUT2D eigenvalue weighted by molar-refractivity contribution is 5.80. The summed E-state index contributed by atoms with van der Waals surface area (Å²) in [6.45, 7) is 2.08. The fraction of sp³-hybridized carbons (Fsp3) is 0.769. The Kier molecular flexibility index (Phi) is 8.62. The number of amides is 1. The quantitative estimate of drug-likeness (QED) is 0.540. The van der Waals surface area contributed by atoms with Crippen LogP contribution in [0.5, 0.6) is 0 Å². The van der Waals surface area contributed by atoms with Gasteiger partial charge in [-0.05, 0) is 25.7 Å². The maximum absolute atomic E-state index is 10.5. The number of rotatable bonds is 4. The van der Waals surface area contributed by atoms with Gasteiger partial charge in [0.1, 0.15) is 0 Å². The number of carbonyl (C=O) groups is 1. The van der Waals surface area contributed by atoms with Crippen molar-refractivity contribution in [2.75, 3.05) is 20.3 Å². The smallest absolute Gasteiger partial charge is 0.236 e. The number of likely N-dealkylation sites (N-methyl/N-ethyl adjacent to an activating group) is 1. The summed E-state index contributed by atoms with van der Waals surface area (Å²) in [6.07, 6.45) is 7.55. The molecule has 5 nitrogen and oxygen atoms in total. The number of allylic oxidation sites excluding steroid dienone is 2. The molecule has 0 aliphatic heterocycles. The second-order valence-corrected chi connectivity index (χ2v) is 4.66. The SMILES string of the molecule is CCC(N)C(=O)NC.OCC1(CO)CC=CCC1. The van der Waals surface area contributed by atoms with Gasteiger partial charge in [-0.25, -0.2) is 0 Å². The van der Waals surface area contributed by atoms with Crippen LogP contribution in [0.4, 0.5) is 0 Å². The van der Waals surface area contributed by atoms with Crippen molar-refractivity contribution in [3.63, 3.8) is 0 Å². The zero-order chi connectivity index (χ0) is 14.0. The van der Waals surface area contributed by atoms with E-state index in [1.165, 1.54) is 0 Å². The van der Waals surface area contributed by atoms with Gasteiger partial charge >= 0.3 is 0 Å². The molecule has 5 heteroatoms. The van der Waals surface area contributed by atoms with Crippen molar-refractivity contribution in [2.45, 2.75) is 38.6 Å². The zero-order valence-electron chi connectivity index (χ0n) is 11.4. The summed E-state index contributed by atoms with van der Waals surface area (Å²) >= 11 is 0. The third kappa shape index (κ3) is 5.62. The lowest BCUT2D eigenvalue weighted by Crippen LogP contribution is -2.37. The van der Waals surface area contributed by atoms with Gasteiger partial charge in [0.05, 0.1) is 19.3 Å². The van der Waals surface area contributed by atoms with Crippen LogP contribution in [-0.2, 0) is 4.79 Å². The van der Waals surface area contributed by atoms with Crippen LogP contribution in [0, 0.1) is 5.41 Å². The first-order valence-electron chi connectivity index (χ1n) is 6.39. The number of aliphatic hydroxyl groups is 2. The lowest BCUT2D eigenvalue weighted by Gasteiger charge is -2.30. The van der Waals surface area contributed by atoms with Crippen molar-refractivity contribution in [3.05, 3.63) is 12.2 Å². The average molecular weight is 258 g/mol. The predicted molar refractivity (Wildman–Crippen MR) is 71.9 cm³/mol. The molecule has 1 aliphatic rings. The number of aliphatic hydroxyl groups excluding tert-OH is 2. The molecule has 5 N–H and O–H groups in total. The van der Waals surface area contributed by atoms with Crippen molar-refractivity contribution in [2.24, 2.45) is 11.1 Å².